The fourth-order valence-corrected chi connectivity index (χ4v) is 4.20. The van der Waals surface area contributed by atoms with E-state index in [0.29, 0.717) is 11.3 Å². The first kappa shape index (κ1) is 20.1. The molecule has 0 aliphatic heterocycles. The number of carbonyl (C=O) groups excluding carboxylic acids is 1. The highest BCUT2D eigenvalue weighted by molar-refractivity contribution is 9.09. The molecule has 0 saturated carbocycles. The molecule has 1 aromatic rings. The fourth-order valence-electron chi connectivity index (χ4n) is 2.10. The van der Waals surface area contributed by atoms with Crippen molar-refractivity contribution in [2.45, 2.75) is 48.1 Å². The van der Waals surface area contributed by atoms with Gasteiger partial charge in [0.2, 0.25) is 0 Å². The van der Waals surface area contributed by atoms with Crippen LogP contribution in [0.1, 0.15) is 26.2 Å². The number of hydrogen-bond donors (Lipinski definition) is 2. The number of unbranched alkanes of at least 4 members (excludes halogenated alkanes) is 1. The molecule has 1 amide bonds. The van der Waals surface area contributed by atoms with Crippen molar-refractivity contribution >= 4 is 32.8 Å². The number of rotatable bonds is 9. The average molecular weight is 406 g/mol. The molecule has 1 unspecified atom stereocenters. The highest BCUT2D eigenvalue weighted by atomic mass is 79.9. The zero-order valence-corrected chi connectivity index (χ0v) is 15.8. The number of ether oxygens (including phenoxy) is 1. The monoisotopic (exact) mass is 405 g/mol. The number of amides is 1. The van der Waals surface area contributed by atoms with Crippen LogP contribution in [0, 0.1) is 0 Å². The first-order valence-electron chi connectivity index (χ1n) is 7.59. The Labute approximate surface area is 148 Å². The van der Waals surface area contributed by atoms with Crippen LogP contribution in [0.5, 0.6) is 0 Å². The fraction of sp³-hybridized carbons (Fsp3) is 0.562. The Balaban J connectivity index is 2.79. The predicted molar refractivity (Wildman–Crippen MR) is 95.3 cm³/mol. The van der Waals surface area contributed by atoms with Gasteiger partial charge in [-0.3, -0.25) is 4.21 Å². The maximum Gasteiger partial charge on any atom is 0.407 e. The van der Waals surface area contributed by atoms with Crippen molar-refractivity contribution in [1.29, 1.82) is 0 Å². The maximum atomic E-state index is 12.5. The molecule has 0 aromatic heterocycles. The summed E-state index contributed by atoms with van der Waals surface area (Å²) in [6.45, 7) is 2.05. The van der Waals surface area contributed by atoms with Crippen LogP contribution in [0.4, 0.5) is 4.79 Å². The van der Waals surface area contributed by atoms with Gasteiger partial charge >= 0.3 is 6.09 Å². The smallest absolute Gasteiger partial charge is 0.407 e. The van der Waals surface area contributed by atoms with Gasteiger partial charge in [0, 0.05) is 10.6 Å². The Morgan fingerprint density at radius 2 is 2.04 bits per heavy atom. The van der Waals surface area contributed by atoms with E-state index in [4.69, 9.17) is 0 Å². The lowest BCUT2D eigenvalue weighted by atomic mass is 10.1. The Kier molecular flexibility index (Phi) is 9.43. The number of methoxy groups -OCH3 is 1. The minimum atomic E-state index is -1.29. The standard InChI is InChI=1S/C16H24BrNO4S/c1-3-4-10-14(19)15(17)13(18-16(20)22-2)11-23(21)12-8-6-5-7-9-12/h5-9,13-15,19H,3-4,10-11H2,1-2H3,(H,18,20)/t13-,14-,15-,23?/m0/s1. The van der Waals surface area contributed by atoms with Gasteiger partial charge in [-0.25, -0.2) is 4.79 Å². The second-order valence-corrected chi connectivity index (χ2v) is 7.77. The van der Waals surface area contributed by atoms with E-state index in [1.807, 2.05) is 25.1 Å². The summed E-state index contributed by atoms with van der Waals surface area (Å²) in [4.78, 5) is 11.8. The van der Waals surface area contributed by atoms with Crippen molar-refractivity contribution in [3.63, 3.8) is 0 Å². The van der Waals surface area contributed by atoms with Gasteiger partial charge in [-0.1, -0.05) is 53.9 Å². The van der Waals surface area contributed by atoms with Gasteiger partial charge in [-0.15, -0.1) is 0 Å². The van der Waals surface area contributed by atoms with Gasteiger partial charge < -0.3 is 15.2 Å². The zero-order valence-electron chi connectivity index (χ0n) is 13.4. The third-order valence-corrected chi connectivity index (χ3v) is 6.14. The van der Waals surface area contributed by atoms with E-state index in [2.05, 4.69) is 26.0 Å². The van der Waals surface area contributed by atoms with Crippen molar-refractivity contribution in [1.82, 2.24) is 5.32 Å². The zero-order chi connectivity index (χ0) is 17.2. The van der Waals surface area contributed by atoms with Crippen LogP contribution in [0.25, 0.3) is 0 Å². The summed E-state index contributed by atoms with van der Waals surface area (Å²) < 4.78 is 17.1. The molecular formula is C16H24BrNO4S. The number of alkyl carbamates (subject to hydrolysis) is 1. The first-order chi connectivity index (χ1) is 11.0. The quantitative estimate of drug-likeness (QED) is 0.619. The van der Waals surface area contributed by atoms with Gasteiger partial charge in [-0.05, 0) is 18.6 Å². The van der Waals surface area contributed by atoms with Crippen molar-refractivity contribution in [2.24, 2.45) is 0 Å². The summed E-state index contributed by atoms with van der Waals surface area (Å²) in [5.41, 5.74) is 0. The highest BCUT2D eigenvalue weighted by Crippen LogP contribution is 2.19. The van der Waals surface area contributed by atoms with Crippen molar-refractivity contribution < 1.29 is 18.8 Å². The molecule has 5 nitrogen and oxygen atoms in total. The summed E-state index contributed by atoms with van der Waals surface area (Å²) in [5, 5.41) is 12.9. The second kappa shape index (κ2) is 10.8. The summed E-state index contributed by atoms with van der Waals surface area (Å²) in [5.74, 6) is 0.193. The van der Waals surface area contributed by atoms with E-state index in [0.717, 1.165) is 12.8 Å². The Hall–Kier alpha value is -0.920. The van der Waals surface area contributed by atoms with Crippen LogP contribution in [0.15, 0.2) is 35.2 Å². The highest BCUT2D eigenvalue weighted by Gasteiger charge is 2.29. The van der Waals surface area contributed by atoms with Crippen molar-refractivity contribution in [3.05, 3.63) is 30.3 Å². The number of alkyl halides is 1. The molecule has 2 N–H and O–H groups in total. The molecule has 0 aliphatic carbocycles. The molecule has 0 spiro atoms. The third-order valence-electron chi connectivity index (χ3n) is 3.43. The van der Waals surface area contributed by atoms with Gasteiger partial charge in [0.05, 0.1) is 34.9 Å². The normalized spacial score (nSPS) is 16.2. The summed E-state index contributed by atoms with van der Waals surface area (Å²) in [6.07, 6.45) is 1.23. The van der Waals surface area contributed by atoms with Crippen LogP contribution in [0.2, 0.25) is 0 Å². The number of nitrogens with one attached hydrogen (secondary N) is 1. The molecule has 1 rings (SSSR count). The number of benzene rings is 1. The molecule has 4 atom stereocenters. The number of hydrogen-bond acceptors (Lipinski definition) is 4. The third kappa shape index (κ3) is 7.01. The first-order valence-corrected chi connectivity index (χ1v) is 9.83. The summed E-state index contributed by atoms with van der Waals surface area (Å²) >= 11 is 3.44. The summed E-state index contributed by atoms with van der Waals surface area (Å²) in [6, 6.07) is 8.54. The lowest BCUT2D eigenvalue weighted by Crippen LogP contribution is -2.48. The number of aliphatic hydroxyl groups excluding tert-OH is 1. The van der Waals surface area contributed by atoms with Gasteiger partial charge in [0.1, 0.15) is 0 Å². The van der Waals surface area contributed by atoms with Gasteiger partial charge in [0.25, 0.3) is 0 Å². The SMILES string of the molecule is CCCC[C@H](O)[C@@H](Br)[C@H](CS(=O)c1ccccc1)NC(=O)OC. The van der Waals surface area contributed by atoms with Crippen LogP contribution in [0.3, 0.4) is 0 Å². The molecule has 0 bridgehead atoms. The van der Waals surface area contributed by atoms with Crippen LogP contribution >= 0.6 is 15.9 Å². The predicted octanol–water partition coefficient (Wildman–Crippen LogP) is 2.83. The molecule has 1 aromatic carbocycles. The van der Waals surface area contributed by atoms with Gasteiger partial charge in [-0.2, -0.15) is 0 Å². The van der Waals surface area contributed by atoms with Crippen molar-refractivity contribution in [2.75, 3.05) is 12.9 Å². The average Bonchev–Trinajstić information content (AvgIpc) is 2.58. The Bertz CT molecular complexity index is 500. The van der Waals surface area contributed by atoms with Crippen LogP contribution < -0.4 is 5.32 Å². The lowest BCUT2D eigenvalue weighted by Gasteiger charge is -2.26. The number of halogens is 1. The molecule has 23 heavy (non-hydrogen) atoms. The largest absolute Gasteiger partial charge is 0.453 e. The van der Waals surface area contributed by atoms with Crippen molar-refractivity contribution in [3.8, 4) is 0 Å². The molecule has 0 saturated heterocycles. The Morgan fingerprint density at radius 1 is 1.39 bits per heavy atom. The van der Waals surface area contributed by atoms with Gasteiger partial charge in [0.15, 0.2) is 0 Å². The topological polar surface area (TPSA) is 75.6 Å². The van der Waals surface area contributed by atoms with E-state index in [1.54, 1.807) is 12.1 Å². The molecular weight excluding hydrogens is 382 g/mol. The molecule has 0 heterocycles. The molecule has 7 heteroatoms. The molecule has 0 radical (unpaired) electrons. The van der Waals surface area contributed by atoms with E-state index in [-0.39, 0.29) is 5.75 Å². The molecule has 0 fully saturated rings. The Morgan fingerprint density at radius 3 is 2.61 bits per heavy atom. The second-order valence-electron chi connectivity index (χ2n) is 5.22. The molecule has 130 valence electrons. The minimum Gasteiger partial charge on any atom is -0.453 e. The molecule has 0 aliphatic rings. The van der Waals surface area contributed by atoms with E-state index in [1.165, 1.54) is 7.11 Å². The summed E-state index contributed by atoms with van der Waals surface area (Å²) in [7, 11) is -0.0110. The number of aliphatic hydroxyl groups is 1. The van der Waals surface area contributed by atoms with E-state index in [9.17, 15) is 14.1 Å². The van der Waals surface area contributed by atoms with E-state index >= 15 is 0 Å². The van der Waals surface area contributed by atoms with Crippen LogP contribution in [-0.4, -0.2) is 45.2 Å². The van der Waals surface area contributed by atoms with E-state index < -0.39 is 33.9 Å². The maximum absolute atomic E-state index is 12.5. The minimum absolute atomic E-state index is 0.193. The van der Waals surface area contributed by atoms with Crippen LogP contribution in [-0.2, 0) is 15.5 Å². The number of carbonyl (C=O) groups is 1. The lowest BCUT2D eigenvalue weighted by molar-refractivity contribution is 0.140.